The minimum Gasteiger partial charge on any atom is -0.459 e. The van der Waals surface area contributed by atoms with E-state index in [1.165, 1.54) is 6.26 Å². The van der Waals surface area contributed by atoms with Crippen LogP contribution >= 0.6 is 35.0 Å². The zero-order valence-electron chi connectivity index (χ0n) is 14.4. The molecule has 8 heteroatoms. The summed E-state index contributed by atoms with van der Waals surface area (Å²) < 4.78 is 5.08. The van der Waals surface area contributed by atoms with E-state index in [0.29, 0.717) is 16.5 Å². The molecule has 2 atom stereocenters. The quantitative estimate of drug-likeness (QED) is 0.674. The van der Waals surface area contributed by atoms with Gasteiger partial charge in [-0.05, 0) is 55.2 Å². The molecule has 1 aromatic carbocycles. The summed E-state index contributed by atoms with van der Waals surface area (Å²) >= 11 is 13.6. The molecule has 2 N–H and O–H groups in total. The SMILES string of the molecule is CSCCC(NC(=O)c1ccco1)C(=O)NC(C)c1ccc(Cl)c(Cl)c1. The number of amides is 2. The molecule has 26 heavy (non-hydrogen) atoms. The van der Waals surface area contributed by atoms with Crippen LogP contribution in [0.5, 0.6) is 0 Å². The molecule has 0 aliphatic carbocycles. The standard InChI is InChI=1S/C18H20Cl2N2O3S/c1-11(12-5-6-13(19)14(20)10-12)21-17(23)15(7-9-26-2)22-18(24)16-4-3-8-25-16/h3-6,8,10-11,15H,7,9H2,1-2H3,(H,21,23)(H,22,24). The number of carbonyl (C=O) groups excluding carboxylic acids is 2. The number of benzene rings is 1. The number of nitrogens with one attached hydrogen (secondary N) is 2. The monoisotopic (exact) mass is 414 g/mol. The number of carbonyl (C=O) groups is 2. The predicted molar refractivity (Wildman–Crippen MR) is 106 cm³/mol. The van der Waals surface area contributed by atoms with Gasteiger partial charge in [0.25, 0.3) is 5.91 Å². The van der Waals surface area contributed by atoms with Crippen molar-refractivity contribution in [2.24, 2.45) is 0 Å². The molecule has 2 amide bonds. The van der Waals surface area contributed by atoms with E-state index in [1.54, 1.807) is 42.1 Å². The summed E-state index contributed by atoms with van der Waals surface area (Å²) in [6, 6.07) is 7.44. The first kappa shape index (κ1) is 20.7. The van der Waals surface area contributed by atoms with Crippen LogP contribution in [0.3, 0.4) is 0 Å². The van der Waals surface area contributed by atoms with Gasteiger partial charge in [-0.25, -0.2) is 0 Å². The van der Waals surface area contributed by atoms with Crippen LogP contribution < -0.4 is 10.6 Å². The van der Waals surface area contributed by atoms with Crippen LogP contribution in [-0.2, 0) is 4.79 Å². The highest BCUT2D eigenvalue weighted by Crippen LogP contribution is 2.25. The summed E-state index contributed by atoms with van der Waals surface area (Å²) in [4.78, 5) is 24.9. The molecule has 2 aromatic rings. The molecule has 1 aromatic heterocycles. The van der Waals surface area contributed by atoms with Gasteiger partial charge in [0.05, 0.1) is 22.4 Å². The van der Waals surface area contributed by atoms with Crippen LogP contribution in [0.1, 0.15) is 35.5 Å². The van der Waals surface area contributed by atoms with Crippen molar-refractivity contribution in [2.75, 3.05) is 12.0 Å². The Hall–Kier alpha value is -1.63. The molecule has 0 aliphatic heterocycles. The lowest BCUT2D eigenvalue weighted by Crippen LogP contribution is -2.47. The van der Waals surface area contributed by atoms with E-state index in [2.05, 4.69) is 10.6 Å². The van der Waals surface area contributed by atoms with E-state index in [1.807, 2.05) is 13.2 Å². The lowest BCUT2D eigenvalue weighted by Gasteiger charge is -2.21. The average Bonchev–Trinajstić information content (AvgIpc) is 3.15. The smallest absolute Gasteiger partial charge is 0.287 e. The van der Waals surface area contributed by atoms with Crippen molar-refractivity contribution in [3.63, 3.8) is 0 Å². The van der Waals surface area contributed by atoms with Gasteiger partial charge in [-0.2, -0.15) is 11.8 Å². The second-order valence-electron chi connectivity index (χ2n) is 5.69. The minimum absolute atomic E-state index is 0.171. The summed E-state index contributed by atoms with van der Waals surface area (Å²) in [7, 11) is 0. The van der Waals surface area contributed by atoms with Crippen LogP contribution in [0.4, 0.5) is 0 Å². The van der Waals surface area contributed by atoms with Gasteiger partial charge in [-0.3, -0.25) is 9.59 Å². The van der Waals surface area contributed by atoms with Crippen molar-refractivity contribution in [1.29, 1.82) is 0 Å². The van der Waals surface area contributed by atoms with E-state index < -0.39 is 11.9 Å². The van der Waals surface area contributed by atoms with Crippen LogP contribution in [0.2, 0.25) is 10.0 Å². The first-order chi connectivity index (χ1) is 12.4. The summed E-state index contributed by atoms with van der Waals surface area (Å²) in [5.41, 5.74) is 0.828. The van der Waals surface area contributed by atoms with E-state index >= 15 is 0 Å². The summed E-state index contributed by atoms with van der Waals surface area (Å²) in [5, 5.41) is 6.52. The summed E-state index contributed by atoms with van der Waals surface area (Å²) in [6.07, 6.45) is 3.87. The van der Waals surface area contributed by atoms with Crippen molar-refractivity contribution < 1.29 is 14.0 Å². The van der Waals surface area contributed by atoms with Crippen LogP contribution in [0.25, 0.3) is 0 Å². The number of halogens is 2. The van der Waals surface area contributed by atoms with Gasteiger partial charge < -0.3 is 15.1 Å². The molecule has 140 valence electrons. The summed E-state index contributed by atoms with van der Waals surface area (Å²) in [5.74, 6) is 0.220. The Balaban J connectivity index is 2.05. The van der Waals surface area contributed by atoms with Crippen molar-refractivity contribution in [3.8, 4) is 0 Å². The van der Waals surface area contributed by atoms with E-state index in [0.717, 1.165) is 11.3 Å². The molecule has 0 fully saturated rings. The second-order valence-corrected chi connectivity index (χ2v) is 7.49. The highest BCUT2D eigenvalue weighted by atomic mass is 35.5. The number of rotatable bonds is 8. The number of furan rings is 1. The zero-order valence-corrected chi connectivity index (χ0v) is 16.8. The Bertz CT molecular complexity index is 753. The van der Waals surface area contributed by atoms with E-state index in [9.17, 15) is 9.59 Å². The number of hydrogen-bond acceptors (Lipinski definition) is 4. The number of hydrogen-bond donors (Lipinski definition) is 2. The molecule has 0 aliphatic rings. The maximum Gasteiger partial charge on any atom is 0.287 e. The second kappa shape index (κ2) is 9.90. The molecule has 0 bridgehead atoms. The molecular formula is C18H20Cl2N2O3S. The maximum absolute atomic E-state index is 12.7. The van der Waals surface area contributed by atoms with Crippen molar-refractivity contribution in [3.05, 3.63) is 58.0 Å². The first-order valence-corrected chi connectivity index (χ1v) is 10.2. The Morgan fingerprint density at radius 3 is 2.58 bits per heavy atom. The van der Waals surface area contributed by atoms with Gasteiger partial charge in [-0.1, -0.05) is 29.3 Å². The van der Waals surface area contributed by atoms with Crippen molar-refractivity contribution in [1.82, 2.24) is 10.6 Å². The van der Waals surface area contributed by atoms with Crippen LogP contribution in [-0.4, -0.2) is 29.9 Å². The number of thioether (sulfide) groups is 1. The topological polar surface area (TPSA) is 71.3 Å². The molecule has 0 saturated heterocycles. The van der Waals surface area contributed by atoms with Gasteiger partial charge in [-0.15, -0.1) is 0 Å². The average molecular weight is 415 g/mol. The third-order valence-corrected chi connectivity index (χ3v) is 5.16. The third-order valence-electron chi connectivity index (χ3n) is 3.78. The van der Waals surface area contributed by atoms with Crippen LogP contribution in [0, 0.1) is 0 Å². The highest BCUT2D eigenvalue weighted by Gasteiger charge is 2.23. The molecule has 0 saturated carbocycles. The van der Waals surface area contributed by atoms with Crippen LogP contribution in [0.15, 0.2) is 41.0 Å². The molecule has 2 rings (SSSR count). The van der Waals surface area contributed by atoms with Gasteiger partial charge in [0, 0.05) is 0 Å². The van der Waals surface area contributed by atoms with Gasteiger partial charge in [0.2, 0.25) is 5.91 Å². The van der Waals surface area contributed by atoms with Crippen molar-refractivity contribution >= 4 is 46.8 Å². The lowest BCUT2D eigenvalue weighted by molar-refractivity contribution is -0.123. The molecule has 0 spiro atoms. The fraction of sp³-hybridized carbons (Fsp3) is 0.333. The molecule has 2 unspecified atom stereocenters. The van der Waals surface area contributed by atoms with Gasteiger partial charge in [0.1, 0.15) is 6.04 Å². The predicted octanol–water partition coefficient (Wildman–Crippen LogP) is 4.32. The lowest BCUT2D eigenvalue weighted by atomic mass is 10.1. The fourth-order valence-electron chi connectivity index (χ4n) is 2.32. The molecule has 0 radical (unpaired) electrons. The highest BCUT2D eigenvalue weighted by molar-refractivity contribution is 7.98. The zero-order chi connectivity index (χ0) is 19.1. The van der Waals surface area contributed by atoms with Gasteiger partial charge in [0.15, 0.2) is 5.76 Å². The minimum atomic E-state index is -0.662. The largest absolute Gasteiger partial charge is 0.459 e. The Kier molecular flexibility index (Phi) is 7.87. The van der Waals surface area contributed by atoms with Crippen molar-refractivity contribution in [2.45, 2.75) is 25.4 Å². The fourth-order valence-corrected chi connectivity index (χ4v) is 3.10. The Labute approximate surface area is 166 Å². The molecular weight excluding hydrogens is 395 g/mol. The third kappa shape index (κ3) is 5.69. The first-order valence-electron chi connectivity index (χ1n) is 8.01. The molecule has 5 nitrogen and oxygen atoms in total. The maximum atomic E-state index is 12.7. The normalized spacial score (nSPS) is 13.1. The molecule has 1 heterocycles. The van der Waals surface area contributed by atoms with Gasteiger partial charge >= 0.3 is 0 Å². The van der Waals surface area contributed by atoms with E-state index in [4.69, 9.17) is 27.6 Å². The van der Waals surface area contributed by atoms with E-state index in [-0.39, 0.29) is 17.7 Å². The Morgan fingerprint density at radius 1 is 1.19 bits per heavy atom. The summed E-state index contributed by atoms with van der Waals surface area (Å²) in [6.45, 7) is 1.84. The Morgan fingerprint density at radius 2 is 1.96 bits per heavy atom.